The van der Waals surface area contributed by atoms with Gasteiger partial charge in [-0.1, -0.05) is 44.2 Å². The second-order valence-electron chi connectivity index (χ2n) is 10.5. The summed E-state index contributed by atoms with van der Waals surface area (Å²) in [4.78, 5) is 78.7. The fraction of sp³-hybridized carbons (Fsp3) is 0.556. The van der Waals surface area contributed by atoms with E-state index in [-0.39, 0.29) is 44.2 Å². The molecule has 13 heteroatoms. The van der Waals surface area contributed by atoms with Crippen LogP contribution >= 0.6 is 0 Å². The van der Waals surface area contributed by atoms with E-state index >= 15 is 0 Å². The van der Waals surface area contributed by atoms with Crippen LogP contribution in [0, 0.1) is 5.92 Å². The van der Waals surface area contributed by atoms with Crippen LogP contribution in [0.2, 0.25) is 0 Å². The van der Waals surface area contributed by atoms with E-state index < -0.39 is 66.4 Å². The number of amides is 6. The third-order valence-electron chi connectivity index (χ3n) is 6.86. The van der Waals surface area contributed by atoms with Gasteiger partial charge in [-0.3, -0.25) is 28.8 Å². The van der Waals surface area contributed by atoms with Crippen molar-refractivity contribution < 1.29 is 33.9 Å². The minimum Gasteiger partial charge on any atom is -0.391 e. The van der Waals surface area contributed by atoms with Crippen molar-refractivity contribution in [3.8, 4) is 0 Å². The van der Waals surface area contributed by atoms with E-state index in [0.29, 0.717) is 0 Å². The highest BCUT2D eigenvalue weighted by molar-refractivity contribution is 5.96. The number of carbonyl (C=O) groups is 6. The number of nitrogens with zero attached hydrogens (tertiary/aromatic N) is 1. The number of rotatable bonds is 5. The zero-order chi connectivity index (χ0) is 29.4. The summed E-state index contributed by atoms with van der Waals surface area (Å²) < 4.78 is 0. The molecule has 0 spiro atoms. The highest BCUT2D eigenvalue weighted by Gasteiger charge is 2.35. The lowest BCUT2D eigenvalue weighted by Gasteiger charge is -2.28. The van der Waals surface area contributed by atoms with Crippen LogP contribution in [0.25, 0.3) is 0 Å². The molecule has 2 fully saturated rings. The number of aliphatic hydroxyl groups is 1. The van der Waals surface area contributed by atoms with E-state index in [4.69, 9.17) is 0 Å². The lowest BCUT2D eigenvalue weighted by atomic mass is 10.0. The first-order valence-corrected chi connectivity index (χ1v) is 13.4. The molecule has 1 aromatic rings. The van der Waals surface area contributed by atoms with Gasteiger partial charge in [-0.05, 0) is 24.8 Å². The van der Waals surface area contributed by atoms with E-state index in [1.807, 2.05) is 6.07 Å². The van der Waals surface area contributed by atoms with Crippen LogP contribution in [0.3, 0.4) is 0 Å². The predicted octanol–water partition coefficient (Wildman–Crippen LogP) is -2.04. The summed E-state index contributed by atoms with van der Waals surface area (Å²) in [7, 11) is 0. The molecule has 2 saturated heterocycles. The summed E-state index contributed by atoms with van der Waals surface area (Å²) in [5.41, 5.74) is 0.747. The van der Waals surface area contributed by atoms with Crippen LogP contribution in [0.5, 0.6) is 0 Å². The van der Waals surface area contributed by atoms with Crippen molar-refractivity contribution in [1.82, 2.24) is 31.5 Å². The fourth-order valence-corrected chi connectivity index (χ4v) is 4.62. The normalized spacial score (nSPS) is 26.0. The van der Waals surface area contributed by atoms with Crippen molar-refractivity contribution in [3.63, 3.8) is 0 Å². The van der Waals surface area contributed by atoms with Crippen molar-refractivity contribution in [2.75, 3.05) is 19.6 Å². The van der Waals surface area contributed by atoms with Gasteiger partial charge in [0.1, 0.15) is 24.2 Å². The van der Waals surface area contributed by atoms with Gasteiger partial charge in [-0.25, -0.2) is 0 Å². The van der Waals surface area contributed by atoms with Gasteiger partial charge in [0.05, 0.1) is 12.6 Å². The molecule has 6 amide bonds. The molecule has 2 heterocycles. The van der Waals surface area contributed by atoms with Gasteiger partial charge < -0.3 is 36.6 Å². The smallest absolute Gasteiger partial charge is 0.245 e. The fourth-order valence-electron chi connectivity index (χ4n) is 4.62. The lowest BCUT2D eigenvalue weighted by Crippen LogP contribution is -2.60. The van der Waals surface area contributed by atoms with E-state index in [0.717, 1.165) is 5.56 Å². The SMILES string of the molecule is CC(C)[C@H]1NC(=O)CN(C(=O)[C@H]2CCC(=O)N2)CCNC(=O)[C@H]([C@@H](C)O)NC(=O)[C@H](Cc2ccccc2)NC1=O. The first-order chi connectivity index (χ1) is 19.0. The van der Waals surface area contributed by atoms with Crippen molar-refractivity contribution in [2.45, 2.75) is 70.3 Å². The van der Waals surface area contributed by atoms with Gasteiger partial charge in [0.2, 0.25) is 35.4 Å². The monoisotopic (exact) mass is 558 g/mol. The molecule has 0 saturated carbocycles. The number of carbonyl (C=O) groups excluding carboxylic acids is 6. The molecule has 13 nitrogen and oxygen atoms in total. The minimum atomic E-state index is -1.34. The number of nitrogens with one attached hydrogen (secondary N) is 5. The molecule has 0 unspecified atom stereocenters. The topological polar surface area (TPSA) is 186 Å². The second kappa shape index (κ2) is 13.9. The molecule has 2 aliphatic rings. The number of hydrogen-bond acceptors (Lipinski definition) is 7. The Labute approximate surface area is 232 Å². The van der Waals surface area contributed by atoms with Crippen LogP contribution < -0.4 is 26.6 Å². The Bertz CT molecular complexity index is 1110. The summed E-state index contributed by atoms with van der Waals surface area (Å²) in [6.45, 7) is 4.22. The maximum Gasteiger partial charge on any atom is 0.245 e. The lowest BCUT2D eigenvalue weighted by molar-refractivity contribution is -0.139. The predicted molar refractivity (Wildman–Crippen MR) is 143 cm³/mol. The Kier molecular flexibility index (Phi) is 10.6. The maximum atomic E-state index is 13.4. The maximum absolute atomic E-state index is 13.4. The Balaban J connectivity index is 1.90. The first-order valence-electron chi connectivity index (χ1n) is 13.4. The van der Waals surface area contributed by atoms with E-state index in [1.54, 1.807) is 38.1 Å². The Hall–Kier alpha value is -4.00. The molecule has 3 rings (SSSR count). The summed E-state index contributed by atoms with van der Waals surface area (Å²) in [6.07, 6.45) is -0.715. The minimum absolute atomic E-state index is 0.0833. The van der Waals surface area contributed by atoms with E-state index in [2.05, 4.69) is 26.6 Å². The molecule has 40 heavy (non-hydrogen) atoms. The average molecular weight is 559 g/mol. The van der Waals surface area contributed by atoms with Crippen LogP contribution in [0.15, 0.2) is 30.3 Å². The van der Waals surface area contributed by atoms with Crippen LogP contribution in [-0.4, -0.2) is 95.4 Å². The zero-order valence-corrected chi connectivity index (χ0v) is 22.9. The first kappa shape index (κ1) is 30.5. The van der Waals surface area contributed by atoms with Gasteiger partial charge >= 0.3 is 0 Å². The van der Waals surface area contributed by atoms with Gasteiger partial charge in [0.15, 0.2) is 0 Å². The van der Waals surface area contributed by atoms with Gasteiger partial charge in [-0.2, -0.15) is 0 Å². The average Bonchev–Trinajstić information content (AvgIpc) is 3.34. The molecule has 0 aliphatic carbocycles. The summed E-state index contributed by atoms with van der Waals surface area (Å²) in [5.74, 6) is -3.75. The quantitative estimate of drug-likeness (QED) is 0.240. The van der Waals surface area contributed by atoms with Crippen molar-refractivity contribution in [1.29, 1.82) is 0 Å². The summed E-state index contributed by atoms with van der Waals surface area (Å²) in [5, 5.41) is 23.3. The molecule has 2 aliphatic heterocycles. The Morgan fingerprint density at radius 1 is 0.900 bits per heavy atom. The molecular weight excluding hydrogens is 520 g/mol. The molecule has 0 aromatic heterocycles. The number of benzene rings is 1. The highest BCUT2D eigenvalue weighted by atomic mass is 16.3. The van der Waals surface area contributed by atoms with E-state index in [9.17, 15) is 33.9 Å². The summed E-state index contributed by atoms with van der Waals surface area (Å²) in [6, 6.07) is 4.67. The molecule has 5 atom stereocenters. The molecular formula is C27H38N6O7. The van der Waals surface area contributed by atoms with Crippen LogP contribution in [0.1, 0.15) is 39.2 Å². The Morgan fingerprint density at radius 3 is 2.20 bits per heavy atom. The van der Waals surface area contributed by atoms with Gasteiger partial charge in [0.25, 0.3) is 0 Å². The standard InChI is InChI=1S/C27H38N6O7/c1-15(2)22-26(39)30-19(13-17-7-5-4-6-8-17)24(37)32-23(16(3)34)25(38)28-11-12-33(14-21(36)31-22)27(40)18-9-10-20(35)29-18/h4-8,15-16,18-19,22-23,34H,9-14H2,1-3H3,(H,28,38)(H,29,35)(H,30,39)(H,31,36)(H,32,37)/t16-,18-,19+,22-,23+/m1/s1. The number of aliphatic hydroxyl groups excluding tert-OH is 1. The molecule has 1 aromatic carbocycles. The van der Waals surface area contributed by atoms with Gasteiger partial charge in [-0.15, -0.1) is 0 Å². The third kappa shape index (κ3) is 8.25. The largest absolute Gasteiger partial charge is 0.391 e. The zero-order valence-electron chi connectivity index (χ0n) is 22.9. The summed E-state index contributed by atoms with van der Waals surface area (Å²) >= 11 is 0. The van der Waals surface area contributed by atoms with E-state index in [1.165, 1.54) is 11.8 Å². The van der Waals surface area contributed by atoms with Crippen molar-refractivity contribution in [2.24, 2.45) is 5.92 Å². The number of hydrogen-bond donors (Lipinski definition) is 6. The van der Waals surface area contributed by atoms with Gasteiger partial charge in [0, 0.05) is 25.9 Å². The van der Waals surface area contributed by atoms with Crippen molar-refractivity contribution in [3.05, 3.63) is 35.9 Å². The van der Waals surface area contributed by atoms with Crippen LogP contribution in [0.4, 0.5) is 0 Å². The molecule has 0 bridgehead atoms. The highest BCUT2D eigenvalue weighted by Crippen LogP contribution is 2.11. The van der Waals surface area contributed by atoms with Crippen molar-refractivity contribution >= 4 is 35.4 Å². The second-order valence-corrected chi connectivity index (χ2v) is 10.5. The molecule has 218 valence electrons. The third-order valence-corrected chi connectivity index (χ3v) is 6.86. The molecule has 6 N–H and O–H groups in total. The van der Waals surface area contributed by atoms with Crippen LogP contribution in [-0.2, 0) is 35.2 Å². The molecule has 0 radical (unpaired) electrons. The Morgan fingerprint density at radius 2 is 1.60 bits per heavy atom.